The lowest BCUT2D eigenvalue weighted by Crippen LogP contribution is -2.46. The molecule has 59 heavy (non-hydrogen) atoms. The van der Waals surface area contributed by atoms with Gasteiger partial charge in [0.05, 0.1) is 11.4 Å². The third-order valence-corrected chi connectivity index (χ3v) is 11.8. The van der Waals surface area contributed by atoms with Gasteiger partial charge in [0.15, 0.2) is 0 Å². The van der Waals surface area contributed by atoms with Crippen LogP contribution in [0.2, 0.25) is 0 Å². The van der Waals surface area contributed by atoms with Crippen LogP contribution in [-0.2, 0) is 29.1 Å². The number of aromatic nitrogens is 1. The normalized spacial score (nSPS) is 20.4. The number of nitrogens with zero attached hydrogens (tertiary/aromatic N) is 1. The second-order valence-corrected chi connectivity index (χ2v) is 17.9. The second-order valence-electron chi connectivity index (χ2n) is 15.7. The van der Waals surface area contributed by atoms with Crippen molar-refractivity contribution in [2.24, 2.45) is 11.8 Å². The Bertz CT molecular complexity index is 1820. The van der Waals surface area contributed by atoms with E-state index in [1.54, 1.807) is 25.3 Å². The molecule has 2 aromatic rings. The van der Waals surface area contributed by atoms with Gasteiger partial charge in [-0.3, -0.25) is 23.9 Å². The standard InChI is InChI=1S/C18H30N2O2.C11H11NO2.C6H11NO3S.C6H13NO2.C2H6.CH4.3H2/c1-3-15-12-14(2)8-5-4-6-10-19-18(22)16-9-7-11-20(16)17(21)13-15;1-2-14-9-3-4-10-8(7-9)5-6-12-11(10)13;1-5(8)7-11(9,10)6(2)3-4-6;1-6(2,3)9-5(8)7-4;1-2;;;;/h4,6,14-16H,3,5,7-13H2,1-2H3,(H,19,22);3-7H,2H2,1H3,(H,12,13);3-4H2,1-2H3,(H,7,8);1-4H3,(H,7,8);1-2H3;1H4;3*1H/b6-4-;;;;;;;;/t14-,15-,16+;;;;;;;;/m1......../s1. The molecule has 5 rings (SSSR count). The van der Waals surface area contributed by atoms with E-state index in [1.165, 1.54) is 14.0 Å². The second kappa shape index (κ2) is 26.6. The van der Waals surface area contributed by atoms with E-state index in [9.17, 15) is 32.4 Å². The number of benzene rings is 1. The summed E-state index contributed by atoms with van der Waals surface area (Å²) in [6.45, 7) is 20.6. The molecule has 3 heterocycles. The number of sulfonamides is 1. The van der Waals surface area contributed by atoms with Crippen molar-refractivity contribution in [1.82, 2.24) is 25.2 Å². The highest BCUT2D eigenvalue weighted by Gasteiger charge is 2.50. The Morgan fingerprint density at radius 2 is 1.71 bits per heavy atom. The lowest BCUT2D eigenvalue weighted by molar-refractivity contribution is -0.139. The average molecular weight is 856 g/mol. The van der Waals surface area contributed by atoms with E-state index in [0.717, 1.165) is 56.2 Å². The molecule has 2 aliphatic heterocycles. The molecule has 14 nitrogen and oxygen atoms in total. The fraction of sp³-hybridized carbons (Fsp3) is 0.659. The first-order valence-electron chi connectivity index (χ1n) is 20.7. The van der Waals surface area contributed by atoms with Crippen LogP contribution in [0, 0.1) is 11.8 Å². The molecule has 4 amide bonds. The minimum atomic E-state index is -3.39. The Morgan fingerprint density at radius 3 is 2.25 bits per heavy atom. The molecule has 1 aromatic carbocycles. The maximum absolute atomic E-state index is 12.6. The van der Waals surface area contributed by atoms with Gasteiger partial charge in [-0.1, -0.05) is 53.7 Å². The van der Waals surface area contributed by atoms with Gasteiger partial charge in [0.2, 0.25) is 27.7 Å². The van der Waals surface area contributed by atoms with Crippen LogP contribution in [0.15, 0.2) is 47.4 Å². The Balaban J connectivity index is -0.000000369. The molecule has 0 bridgehead atoms. The first-order chi connectivity index (χ1) is 27.3. The molecule has 1 aliphatic carbocycles. The molecular formula is C44H81N5O9S. The van der Waals surface area contributed by atoms with Crippen LogP contribution in [0.3, 0.4) is 0 Å². The van der Waals surface area contributed by atoms with Crippen LogP contribution in [0.4, 0.5) is 4.79 Å². The summed E-state index contributed by atoms with van der Waals surface area (Å²) in [5.41, 5.74) is -0.453. The summed E-state index contributed by atoms with van der Waals surface area (Å²) in [5.74, 6) is 1.55. The molecule has 3 atom stereocenters. The molecule has 0 unspecified atom stereocenters. The number of pyridine rings is 1. The summed E-state index contributed by atoms with van der Waals surface area (Å²) in [4.78, 5) is 61.6. The third kappa shape index (κ3) is 19.9. The number of amides is 4. The number of aromatic amines is 1. The number of hydrogen-bond donors (Lipinski definition) is 4. The predicted octanol–water partition coefficient (Wildman–Crippen LogP) is 8.36. The minimum absolute atomic E-state index is 0. The number of alkyl carbamates (subject to hydrolysis) is 1. The molecule has 0 spiro atoms. The van der Waals surface area contributed by atoms with E-state index in [-0.39, 0.29) is 46.8 Å². The van der Waals surface area contributed by atoms with E-state index in [4.69, 9.17) is 9.47 Å². The molecule has 1 aromatic heterocycles. The van der Waals surface area contributed by atoms with Crippen molar-refractivity contribution in [3.8, 4) is 5.75 Å². The van der Waals surface area contributed by atoms with Crippen LogP contribution in [-0.4, -0.2) is 85.3 Å². The lowest BCUT2D eigenvalue weighted by Gasteiger charge is -2.27. The number of allylic oxidation sites excluding steroid dienone is 1. The third-order valence-electron chi connectivity index (χ3n) is 9.58. The van der Waals surface area contributed by atoms with Gasteiger partial charge in [0, 0.05) is 49.3 Å². The van der Waals surface area contributed by atoms with E-state index in [0.29, 0.717) is 49.6 Å². The zero-order valence-electron chi connectivity index (χ0n) is 36.8. The van der Waals surface area contributed by atoms with Crippen LogP contribution in [0.1, 0.15) is 139 Å². The zero-order valence-corrected chi connectivity index (χ0v) is 37.6. The van der Waals surface area contributed by atoms with E-state index < -0.39 is 20.7 Å². The van der Waals surface area contributed by atoms with Crippen molar-refractivity contribution in [3.05, 3.63) is 53.0 Å². The largest absolute Gasteiger partial charge is 0.494 e. The van der Waals surface area contributed by atoms with Crippen molar-refractivity contribution in [2.45, 2.75) is 151 Å². The van der Waals surface area contributed by atoms with Crippen molar-refractivity contribution in [3.63, 3.8) is 0 Å². The van der Waals surface area contributed by atoms with Crippen molar-refractivity contribution < 1.29 is 41.3 Å². The SMILES string of the molecule is C.CC.CC(=O)NS(=O)(=O)C1(C)CC1.CCOc1ccc2c(=O)[nH]ccc2c1.CC[C@H]1CC(=O)N2CCC[C@H]2C(=O)NC/C=C\CC[C@@H](C)C1.CNC(=O)OC(C)(C)C.[HH].[HH].[HH]. The highest BCUT2D eigenvalue weighted by atomic mass is 32.2. The molecule has 15 heteroatoms. The summed E-state index contributed by atoms with van der Waals surface area (Å²) in [6.07, 6.45) is 13.4. The van der Waals surface area contributed by atoms with Gasteiger partial charge in [0.1, 0.15) is 17.4 Å². The van der Waals surface area contributed by atoms with E-state index in [1.807, 2.05) is 69.4 Å². The molecule has 0 radical (unpaired) electrons. The summed E-state index contributed by atoms with van der Waals surface area (Å²) >= 11 is 0. The van der Waals surface area contributed by atoms with Gasteiger partial charge in [-0.2, -0.15) is 0 Å². The van der Waals surface area contributed by atoms with Gasteiger partial charge in [-0.25, -0.2) is 13.2 Å². The number of nitrogens with one attached hydrogen (secondary N) is 4. The Morgan fingerprint density at radius 1 is 1.05 bits per heavy atom. The van der Waals surface area contributed by atoms with Crippen LogP contribution in [0.5, 0.6) is 5.75 Å². The molecule has 1 saturated carbocycles. The summed E-state index contributed by atoms with van der Waals surface area (Å²) in [6, 6.07) is 7.06. The van der Waals surface area contributed by atoms with Gasteiger partial charge in [0.25, 0.3) is 5.56 Å². The summed E-state index contributed by atoms with van der Waals surface area (Å²) < 4.78 is 33.8. The van der Waals surface area contributed by atoms with Crippen LogP contribution in [0.25, 0.3) is 10.8 Å². The molecule has 2 fully saturated rings. The lowest BCUT2D eigenvalue weighted by atomic mass is 9.88. The van der Waals surface area contributed by atoms with Crippen molar-refractivity contribution in [1.29, 1.82) is 0 Å². The number of rotatable bonds is 5. The first kappa shape index (κ1) is 54.6. The number of carbonyl (C=O) groups excluding carboxylic acids is 4. The Labute approximate surface area is 358 Å². The molecule has 342 valence electrons. The van der Waals surface area contributed by atoms with Gasteiger partial charge in [-0.15, -0.1) is 0 Å². The average Bonchev–Trinajstić information content (AvgIpc) is 3.73. The van der Waals surface area contributed by atoms with Crippen molar-refractivity contribution in [2.75, 3.05) is 26.7 Å². The maximum Gasteiger partial charge on any atom is 0.407 e. The summed E-state index contributed by atoms with van der Waals surface area (Å²) in [7, 11) is -1.85. The van der Waals surface area contributed by atoms with E-state index >= 15 is 0 Å². The van der Waals surface area contributed by atoms with Crippen LogP contribution >= 0.6 is 0 Å². The van der Waals surface area contributed by atoms with Crippen molar-refractivity contribution >= 4 is 44.6 Å². The Kier molecular flexibility index (Phi) is 24.7. The van der Waals surface area contributed by atoms with E-state index in [2.05, 4.69) is 35.5 Å². The highest BCUT2D eigenvalue weighted by Crippen LogP contribution is 2.42. The quantitative estimate of drug-likeness (QED) is 0.214. The first-order valence-corrected chi connectivity index (χ1v) is 22.1. The molecule has 3 aliphatic rings. The van der Waals surface area contributed by atoms with Gasteiger partial charge in [-0.05, 0) is 121 Å². The van der Waals surface area contributed by atoms with Gasteiger partial charge >= 0.3 is 6.09 Å². The number of hydrogen-bond acceptors (Lipinski definition) is 9. The van der Waals surface area contributed by atoms with Gasteiger partial charge < -0.3 is 30.0 Å². The molecular weight excluding hydrogens is 775 g/mol. The minimum Gasteiger partial charge on any atom is -0.494 e. The zero-order chi connectivity index (χ0) is 44.1. The fourth-order valence-electron chi connectivity index (χ4n) is 6.16. The molecule has 1 saturated heterocycles. The highest BCUT2D eigenvalue weighted by molar-refractivity contribution is 7.91. The predicted molar refractivity (Wildman–Crippen MR) is 244 cm³/mol. The smallest absolute Gasteiger partial charge is 0.407 e. The number of carbonyl (C=O) groups is 4. The fourth-order valence-corrected chi connectivity index (χ4v) is 7.42. The maximum atomic E-state index is 12.6. The number of fused-ring (bicyclic) bond motifs is 2. The van der Waals surface area contributed by atoms with Crippen LogP contribution < -0.4 is 25.7 Å². The topological polar surface area (TPSA) is 193 Å². The Hall–Kier alpha value is -4.40. The monoisotopic (exact) mass is 856 g/mol. The number of ether oxygens (including phenoxy) is 2. The number of H-pyrrole nitrogens is 1. The summed E-state index contributed by atoms with van der Waals surface area (Å²) in [5, 5.41) is 6.90. The molecule has 4 N–H and O–H groups in total.